The normalized spacial score (nSPS) is 24.9. The summed E-state index contributed by atoms with van der Waals surface area (Å²) in [4.78, 5) is 14.7. The molecule has 1 aromatic heterocycles. The molecule has 0 saturated carbocycles. The summed E-state index contributed by atoms with van der Waals surface area (Å²) in [5, 5.41) is 3.32. The molecule has 2 saturated heterocycles. The van der Waals surface area contributed by atoms with Crippen molar-refractivity contribution < 1.29 is 9.21 Å². The van der Waals surface area contributed by atoms with Gasteiger partial charge in [0.15, 0.2) is 0 Å². The summed E-state index contributed by atoms with van der Waals surface area (Å²) in [5.74, 6) is 2.42. The number of nitrogens with zero attached hydrogens (tertiary/aromatic N) is 1. The summed E-state index contributed by atoms with van der Waals surface area (Å²) in [5.41, 5.74) is 0. The highest BCUT2D eigenvalue weighted by molar-refractivity contribution is 5.79. The van der Waals surface area contributed by atoms with Crippen molar-refractivity contribution in [3.63, 3.8) is 0 Å². The molecule has 0 radical (unpaired) electrons. The lowest BCUT2D eigenvalue weighted by atomic mass is 9.96. The van der Waals surface area contributed by atoms with E-state index < -0.39 is 0 Å². The molecule has 0 aromatic carbocycles. The third-order valence-electron chi connectivity index (χ3n) is 4.31. The molecule has 2 aliphatic rings. The molecule has 104 valence electrons. The molecule has 1 N–H and O–H groups in total. The first-order valence-electron chi connectivity index (χ1n) is 7.33. The topological polar surface area (TPSA) is 45.5 Å². The zero-order chi connectivity index (χ0) is 13.2. The molecule has 3 rings (SSSR count). The van der Waals surface area contributed by atoms with Gasteiger partial charge in [0.1, 0.15) is 11.5 Å². The van der Waals surface area contributed by atoms with Crippen molar-refractivity contribution >= 4 is 5.91 Å². The average Bonchev–Trinajstić information content (AvgIpc) is 3.07. The van der Waals surface area contributed by atoms with Gasteiger partial charge in [0.2, 0.25) is 5.91 Å². The molecule has 2 fully saturated rings. The largest absolute Gasteiger partial charge is 0.464 e. The van der Waals surface area contributed by atoms with Gasteiger partial charge in [-0.1, -0.05) is 0 Å². The highest BCUT2D eigenvalue weighted by Crippen LogP contribution is 2.34. The Kier molecular flexibility index (Phi) is 3.60. The second-order valence-electron chi connectivity index (χ2n) is 5.66. The van der Waals surface area contributed by atoms with Gasteiger partial charge in [-0.3, -0.25) is 4.79 Å². The summed E-state index contributed by atoms with van der Waals surface area (Å²) in [6.07, 6.45) is 4.06. The van der Waals surface area contributed by atoms with Gasteiger partial charge in [-0.2, -0.15) is 0 Å². The van der Waals surface area contributed by atoms with Crippen LogP contribution in [0.2, 0.25) is 0 Å². The monoisotopic (exact) mass is 262 g/mol. The number of hydrogen-bond donors (Lipinski definition) is 1. The molecule has 1 atom stereocenters. The van der Waals surface area contributed by atoms with Gasteiger partial charge < -0.3 is 14.6 Å². The Bertz CT molecular complexity index is 449. The van der Waals surface area contributed by atoms with Gasteiger partial charge in [0, 0.05) is 12.5 Å². The van der Waals surface area contributed by atoms with Crippen molar-refractivity contribution in [1.29, 1.82) is 0 Å². The third kappa shape index (κ3) is 2.54. The Morgan fingerprint density at radius 3 is 2.79 bits per heavy atom. The van der Waals surface area contributed by atoms with E-state index in [2.05, 4.69) is 5.32 Å². The van der Waals surface area contributed by atoms with Crippen LogP contribution in [0.3, 0.4) is 0 Å². The number of aryl methyl sites for hydroxylation is 1. The number of carbonyl (C=O) groups is 1. The minimum atomic E-state index is 0.163. The van der Waals surface area contributed by atoms with Crippen LogP contribution < -0.4 is 5.32 Å². The van der Waals surface area contributed by atoms with Crippen LogP contribution in [-0.4, -0.2) is 30.4 Å². The van der Waals surface area contributed by atoms with Crippen molar-refractivity contribution in [2.75, 3.05) is 19.6 Å². The second-order valence-corrected chi connectivity index (χ2v) is 5.66. The van der Waals surface area contributed by atoms with Gasteiger partial charge in [-0.15, -0.1) is 0 Å². The van der Waals surface area contributed by atoms with Crippen LogP contribution in [0.1, 0.15) is 43.2 Å². The molecule has 1 amide bonds. The molecule has 3 heterocycles. The first-order valence-corrected chi connectivity index (χ1v) is 7.33. The van der Waals surface area contributed by atoms with E-state index >= 15 is 0 Å². The first kappa shape index (κ1) is 12.7. The molecule has 0 spiro atoms. The Morgan fingerprint density at radius 1 is 1.32 bits per heavy atom. The fourth-order valence-corrected chi connectivity index (χ4v) is 3.26. The minimum Gasteiger partial charge on any atom is -0.464 e. The molecule has 0 bridgehead atoms. The highest BCUT2D eigenvalue weighted by Gasteiger charge is 2.35. The zero-order valence-corrected chi connectivity index (χ0v) is 11.5. The maximum atomic E-state index is 12.6. The predicted molar refractivity (Wildman–Crippen MR) is 72.7 cm³/mol. The SMILES string of the molecule is Cc1ccc(C2CCCN2C(=O)C2CCNCC2)o1. The van der Waals surface area contributed by atoms with E-state index in [1.165, 1.54) is 0 Å². The van der Waals surface area contributed by atoms with E-state index in [1.54, 1.807) is 0 Å². The van der Waals surface area contributed by atoms with Gasteiger partial charge in [-0.25, -0.2) is 0 Å². The molecule has 4 heteroatoms. The van der Waals surface area contributed by atoms with Crippen LogP contribution in [0.4, 0.5) is 0 Å². The fourth-order valence-electron chi connectivity index (χ4n) is 3.26. The Morgan fingerprint density at radius 2 is 2.11 bits per heavy atom. The van der Waals surface area contributed by atoms with Gasteiger partial charge in [-0.05, 0) is 57.8 Å². The highest BCUT2D eigenvalue weighted by atomic mass is 16.3. The van der Waals surface area contributed by atoms with Crippen LogP contribution in [0.15, 0.2) is 16.5 Å². The first-order chi connectivity index (χ1) is 9.25. The maximum absolute atomic E-state index is 12.6. The Balaban J connectivity index is 1.73. The van der Waals surface area contributed by atoms with Gasteiger partial charge in [0.05, 0.1) is 6.04 Å². The summed E-state index contributed by atoms with van der Waals surface area (Å²) in [7, 11) is 0. The molecule has 4 nitrogen and oxygen atoms in total. The molecule has 2 aliphatic heterocycles. The van der Waals surface area contributed by atoms with E-state index in [-0.39, 0.29) is 12.0 Å². The van der Waals surface area contributed by atoms with Crippen molar-refractivity contribution in [3.05, 3.63) is 23.7 Å². The average molecular weight is 262 g/mol. The standard InChI is InChI=1S/C15H22N2O2/c1-11-4-5-14(19-11)13-3-2-10-17(13)15(18)12-6-8-16-9-7-12/h4-5,12-13,16H,2-3,6-10H2,1H3. The summed E-state index contributed by atoms with van der Waals surface area (Å²) in [6, 6.07) is 4.17. The van der Waals surface area contributed by atoms with Crippen LogP contribution in [0.5, 0.6) is 0 Å². The number of piperidine rings is 1. The molecular formula is C15H22N2O2. The number of likely N-dealkylation sites (tertiary alicyclic amines) is 1. The smallest absolute Gasteiger partial charge is 0.226 e. The molecular weight excluding hydrogens is 240 g/mol. The zero-order valence-electron chi connectivity index (χ0n) is 11.5. The number of rotatable bonds is 2. The van der Waals surface area contributed by atoms with Crippen molar-refractivity contribution in [1.82, 2.24) is 10.2 Å². The summed E-state index contributed by atoms with van der Waals surface area (Å²) >= 11 is 0. The minimum absolute atomic E-state index is 0.163. The lowest BCUT2D eigenvalue weighted by Crippen LogP contribution is -2.40. The van der Waals surface area contributed by atoms with Crippen LogP contribution in [0.25, 0.3) is 0 Å². The Hall–Kier alpha value is -1.29. The fraction of sp³-hybridized carbons (Fsp3) is 0.667. The van der Waals surface area contributed by atoms with Crippen LogP contribution >= 0.6 is 0 Å². The summed E-state index contributed by atoms with van der Waals surface area (Å²) < 4.78 is 5.73. The lowest BCUT2D eigenvalue weighted by Gasteiger charge is -2.30. The number of nitrogens with one attached hydrogen (secondary N) is 1. The number of carbonyl (C=O) groups excluding carboxylic acids is 1. The molecule has 1 unspecified atom stereocenters. The molecule has 19 heavy (non-hydrogen) atoms. The number of furan rings is 1. The molecule has 0 aliphatic carbocycles. The summed E-state index contributed by atoms with van der Waals surface area (Å²) in [6.45, 7) is 4.77. The van der Waals surface area contributed by atoms with Gasteiger partial charge >= 0.3 is 0 Å². The third-order valence-corrected chi connectivity index (χ3v) is 4.31. The van der Waals surface area contributed by atoms with E-state index in [4.69, 9.17) is 4.42 Å². The quantitative estimate of drug-likeness (QED) is 0.889. The van der Waals surface area contributed by atoms with E-state index in [0.717, 1.165) is 56.8 Å². The maximum Gasteiger partial charge on any atom is 0.226 e. The number of amides is 1. The van der Waals surface area contributed by atoms with Crippen molar-refractivity contribution in [2.24, 2.45) is 5.92 Å². The van der Waals surface area contributed by atoms with E-state index in [1.807, 2.05) is 24.0 Å². The molecule has 1 aromatic rings. The van der Waals surface area contributed by atoms with Crippen LogP contribution in [0, 0.1) is 12.8 Å². The second kappa shape index (κ2) is 5.37. The van der Waals surface area contributed by atoms with Crippen molar-refractivity contribution in [2.45, 2.75) is 38.6 Å². The van der Waals surface area contributed by atoms with Crippen molar-refractivity contribution in [3.8, 4) is 0 Å². The van der Waals surface area contributed by atoms with Gasteiger partial charge in [0.25, 0.3) is 0 Å². The van der Waals surface area contributed by atoms with E-state index in [0.29, 0.717) is 5.91 Å². The van der Waals surface area contributed by atoms with Crippen LogP contribution in [-0.2, 0) is 4.79 Å². The lowest BCUT2D eigenvalue weighted by molar-refractivity contribution is -0.137. The number of hydrogen-bond acceptors (Lipinski definition) is 3. The van der Waals surface area contributed by atoms with E-state index in [9.17, 15) is 4.79 Å². The predicted octanol–water partition coefficient (Wildman–Crippen LogP) is 2.25. The Labute approximate surface area is 114 Å².